The summed E-state index contributed by atoms with van der Waals surface area (Å²) in [5.74, 6) is 1.19. The van der Waals surface area contributed by atoms with Crippen LogP contribution in [-0.2, 0) is 9.53 Å². The largest absolute Gasteiger partial charge is 0.494 e. The summed E-state index contributed by atoms with van der Waals surface area (Å²) in [4.78, 5) is 25.6. The first kappa shape index (κ1) is 18.8. The zero-order chi connectivity index (χ0) is 19.1. The van der Waals surface area contributed by atoms with E-state index in [0.717, 1.165) is 24.4 Å². The van der Waals surface area contributed by atoms with Crippen LogP contribution in [0.4, 0.5) is 5.69 Å². The molecule has 0 bridgehead atoms. The van der Waals surface area contributed by atoms with Gasteiger partial charge in [0.2, 0.25) is 5.91 Å². The van der Waals surface area contributed by atoms with Crippen LogP contribution >= 0.6 is 0 Å². The molecule has 6 heteroatoms. The molecule has 1 aliphatic rings. The standard InChI is InChI=1S/C21H23NO5/c1-2-25-18-9-11-19(12-10-18)26-14-15-27-21(24)16-5-7-17(8-6-16)22-13-3-4-20(22)23/h5-12H,2-4,13-15H2,1H3. The molecule has 142 valence electrons. The summed E-state index contributed by atoms with van der Waals surface area (Å²) in [6, 6.07) is 14.2. The Hall–Kier alpha value is -3.02. The van der Waals surface area contributed by atoms with Gasteiger partial charge in [-0.1, -0.05) is 0 Å². The van der Waals surface area contributed by atoms with Crippen molar-refractivity contribution in [2.75, 3.05) is 31.3 Å². The summed E-state index contributed by atoms with van der Waals surface area (Å²) >= 11 is 0. The molecule has 1 fully saturated rings. The van der Waals surface area contributed by atoms with Gasteiger partial charge in [-0.05, 0) is 61.9 Å². The van der Waals surface area contributed by atoms with E-state index in [1.54, 1.807) is 29.2 Å². The molecule has 1 saturated heterocycles. The molecule has 2 aromatic rings. The molecule has 1 amide bonds. The van der Waals surface area contributed by atoms with Crippen molar-refractivity contribution in [2.45, 2.75) is 19.8 Å². The molecular weight excluding hydrogens is 346 g/mol. The Kier molecular flexibility index (Phi) is 6.30. The summed E-state index contributed by atoms with van der Waals surface area (Å²) in [5.41, 5.74) is 1.26. The minimum Gasteiger partial charge on any atom is -0.494 e. The molecule has 0 aromatic heterocycles. The highest BCUT2D eigenvalue weighted by molar-refractivity contribution is 5.96. The third-order valence-corrected chi connectivity index (χ3v) is 4.21. The molecule has 1 aliphatic heterocycles. The number of anilines is 1. The summed E-state index contributed by atoms with van der Waals surface area (Å²) < 4.78 is 16.1. The molecule has 0 aliphatic carbocycles. The maximum Gasteiger partial charge on any atom is 0.338 e. The van der Waals surface area contributed by atoms with Crippen LogP contribution < -0.4 is 14.4 Å². The summed E-state index contributed by atoms with van der Waals surface area (Å²) in [6.45, 7) is 3.69. The maximum atomic E-state index is 12.1. The average Bonchev–Trinajstić information content (AvgIpc) is 3.12. The van der Waals surface area contributed by atoms with Gasteiger partial charge in [0.1, 0.15) is 24.7 Å². The van der Waals surface area contributed by atoms with Gasteiger partial charge >= 0.3 is 5.97 Å². The van der Waals surface area contributed by atoms with E-state index in [2.05, 4.69) is 0 Å². The lowest BCUT2D eigenvalue weighted by Gasteiger charge is -2.15. The zero-order valence-corrected chi connectivity index (χ0v) is 15.3. The van der Waals surface area contributed by atoms with Crippen molar-refractivity contribution in [3.8, 4) is 11.5 Å². The molecule has 0 saturated carbocycles. The minimum absolute atomic E-state index is 0.122. The molecule has 0 spiro atoms. The number of nitrogens with zero attached hydrogens (tertiary/aromatic N) is 1. The normalized spacial score (nSPS) is 13.5. The van der Waals surface area contributed by atoms with Crippen molar-refractivity contribution < 1.29 is 23.8 Å². The van der Waals surface area contributed by atoms with E-state index in [1.165, 1.54) is 0 Å². The van der Waals surface area contributed by atoms with E-state index in [9.17, 15) is 9.59 Å². The maximum absolute atomic E-state index is 12.1. The number of hydrogen-bond acceptors (Lipinski definition) is 5. The van der Waals surface area contributed by atoms with Crippen LogP contribution in [0.2, 0.25) is 0 Å². The third kappa shape index (κ3) is 5.00. The summed E-state index contributed by atoms with van der Waals surface area (Å²) in [7, 11) is 0. The SMILES string of the molecule is CCOc1ccc(OCCOC(=O)c2ccc(N3CCCC3=O)cc2)cc1. The zero-order valence-electron chi connectivity index (χ0n) is 15.3. The van der Waals surface area contributed by atoms with Crippen LogP contribution in [0.15, 0.2) is 48.5 Å². The van der Waals surface area contributed by atoms with Gasteiger partial charge < -0.3 is 19.1 Å². The van der Waals surface area contributed by atoms with E-state index < -0.39 is 5.97 Å². The monoisotopic (exact) mass is 369 g/mol. The second-order valence-electron chi connectivity index (χ2n) is 6.08. The van der Waals surface area contributed by atoms with Gasteiger partial charge in [0, 0.05) is 18.7 Å². The molecule has 0 N–H and O–H groups in total. The van der Waals surface area contributed by atoms with Crippen molar-refractivity contribution >= 4 is 17.6 Å². The predicted molar refractivity (Wildman–Crippen MR) is 101 cm³/mol. The van der Waals surface area contributed by atoms with Crippen molar-refractivity contribution in [2.24, 2.45) is 0 Å². The molecule has 0 unspecified atom stereocenters. The third-order valence-electron chi connectivity index (χ3n) is 4.21. The van der Waals surface area contributed by atoms with E-state index in [4.69, 9.17) is 14.2 Å². The van der Waals surface area contributed by atoms with Crippen molar-refractivity contribution in [1.82, 2.24) is 0 Å². The quantitative estimate of drug-likeness (QED) is 0.527. The lowest BCUT2D eigenvalue weighted by molar-refractivity contribution is -0.117. The van der Waals surface area contributed by atoms with E-state index in [1.807, 2.05) is 31.2 Å². The molecule has 2 aromatic carbocycles. The lowest BCUT2D eigenvalue weighted by atomic mass is 10.2. The highest BCUT2D eigenvalue weighted by atomic mass is 16.6. The van der Waals surface area contributed by atoms with Gasteiger partial charge in [0.05, 0.1) is 12.2 Å². The first-order valence-corrected chi connectivity index (χ1v) is 9.10. The Morgan fingerprint density at radius 2 is 1.63 bits per heavy atom. The number of carbonyl (C=O) groups is 2. The van der Waals surface area contributed by atoms with Crippen LogP contribution in [0.25, 0.3) is 0 Å². The van der Waals surface area contributed by atoms with E-state index >= 15 is 0 Å². The molecule has 6 nitrogen and oxygen atoms in total. The molecule has 1 heterocycles. The van der Waals surface area contributed by atoms with Gasteiger partial charge in [-0.25, -0.2) is 4.79 Å². The van der Waals surface area contributed by atoms with Crippen LogP contribution in [0.3, 0.4) is 0 Å². The number of esters is 1. The van der Waals surface area contributed by atoms with Gasteiger partial charge in [0.25, 0.3) is 0 Å². The van der Waals surface area contributed by atoms with E-state index in [-0.39, 0.29) is 19.1 Å². The Labute approximate surface area is 158 Å². The highest BCUT2D eigenvalue weighted by Crippen LogP contribution is 2.22. The predicted octanol–water partition coefficient (Wildman–Crippen LogP) is 3.45. The number of carbonyl (C=O) groups excluding carboxylic acids is 2. The fraction of sp³-hybridized carbons (Fsp3) is 0.333. The number of benzene rings is 2. The Morgan fingerprint density at radius 3 is 2.22 bits per heavy atom. The minimum atomic E-state index is -0.412. The molecule has 27 heavy (non-hydrogen) atoms. The second kappa shape index (κ2) is 9.07. The molecule has 0 radical (unpaired) electrons. The van der Waals surface area contributed by atoms with Gasteiger partial charge in [-0.15, -0.1) is 0 Å². The first-order valence-electron chi connectivity index (χ1n) is 9.10. The van der Waals surface area contributed by atoms with Gasteiger partial charge in [-0.2, -0.15) is 0 Å². The van der Waals surface area contributed by atoms with Crippen molar-refractivity contribution in [3.63, 3.8) is 0 Å². The first-order chi connectivity index (χ1) is 13.2. The fourth-order valence-electron chi connectivity index (χ4n) is 2.87. The van der Waals surface area contributed by atoms with Gasteiger partial charge in [0.15, 0.2) is 0 Å². The highest BCUT2D eigenvalue weighted by Gasteiger charge is 2.21. The van der Waals surface area contributed by atoms with Crippen LogP contribution in [0.1, 0.15) is 30.1 Å². The second-order valence-corrected chi connectivity index (χ2v) is 6.08. The number of ether oxygens (including phenoxy) is 3. The van der Waals surface area contributed by atoms with Crippen LogP contribution in [0.5, 0.6) is 11.5 Å². The summed E-state index contributed by atoms with van der Waals surface area (Å²) in [6.07, 6.45) is 1.45. The number of amides is 1. The molecular formula is C21H23NO5. The topological polar surface area (TPSA) is 65.1 Å². The fourth-order valence-corrected chi connectivity index (χ4v) is 2.87. The number of hydrogen-bond donors (Lipinski definition) is 0. The van der Waals surface area contributed by atoms with Gasteiger partial charge in [-0.3, -0.25) is 4.79 Å². The molecule has 3 rings (SSSR count). The van der Waals surface area contributed by atoms with Crippen LogP contribution in [0, 0.1) is 0 Å². The Bertz CT molecular complexity index is 770. The van der Waals surface area contributed by atoms with Crippen LogP contribution in [-0.4, -0.2) is 38.2 Å². The Morgan fingerprint density at radius 1 is 0.963 bits per heavy atom. The average molecular weight is 369 g/mol. The Balaban J connectivity index is 1.43. The molecule has 0 atom stereocenters. The summed E-state index contributed by atoms with van der Waals surface area (Å²) in [5, 5.41) is 0. The smallest absolute Gasteiger partial charge is 0.338 e. The number of rotatable bonds is 8. The lowest BCUT2D eigenvalue weighted by Crippen LogP contribution is -2.23. The van der Waals surface area contributed by atoms with E-state index in [0.29, 0.717) is 24.3 Å². The van der Waals surface area contributed by atoms with Crippen molar-refractivity contribution in [3.05, 3.63) is 54.1 Å². The van der Waals surface area contributed by atoms with Crippen molar-refractivity contribution in [1.29, 1.82) is 0 Å².